The van der Waals surface area contributed by atoms with E-state index in [1.165, 1.54) is 23.9 Å². The predicted octanol–water partition coefficient (Wildman–Crippen LogP) is 3.94. The summed E-state index contributed by atoms with van der Waals surface area (Å²) < 4.78 is 13.0. The maximum Gasteiger partial charge on any atom is 0.238 e. The third kappa shape index (κ3) is 3.85. The van der Waals surface area contributed by atoms with Crippen molar-refractivity contribution in [2.24, 2.45) is 0 Å². The lowest BCUT2D eigenvalue weighted by molar-refractivity contribution is -0.120. The zero-order valence-electron chi connectivity index (χ0n) is 11.5. The van der Waals surface area contributed by atoms with Gasteiger partial charge in [-0.3, -0.25) is 4.79 Å². The van der Waals surface area contributed by atoms with E-state index in [4.69, 9.17) is 0 Å². The van der Waals surface area contributed by atoms with Crippen LogP contribution in [0.4, 0.5) is 4.39 Å². The summed E-state index contributed by atoms with van der Waals surface area (Å²) in [6.07, 6.45) is 2.13. The molecule has 0 heterocycles. The molecule has 4 heteroatoms. The highest BCUT2D eigenvalue weighted by Gasteiger charge is 2.28. The topological polar surface area (TPSA) is 29.1 Å². The van der Waals surface area contributed by atoms with Crippen LogP contribution in [0.2, 0.25) is 0 Å². The van der Waals surface area contributed by atoms with Crippen molar-refractivity contribution in [1.29, 1.82) is 0 Å². The summed E-state index contributed by atoms with van der Waals surface area (Å²) in [5.41, 5.74) is 0.963. The van der Waals surface area contributed by atoms with Crippen molar-refractivity contribution in [2.75, 3.05) is 0 Å². The molecule has 0 aromatic heterocycles. The second-order valence-electron chi connectivity index (χ2n) is 5.15. The van der Waals surface area contributed by atoms with Crippen LogP contribution in [0.3, 0.4) is 0 Å². The van der Waals surface area contributed by atoms with Crippen molar-refractivity contribution in [1.82, 2.24) is 5.32 Å². The summed E-state index contributed by atoms with van der Waals surface area (Å²) in [5, 5.41) is 2.74. The van der Waals surface area contributed by atoms with Gasteiger partial charge in [0.15, 0.2) is 0 Å². The summed E-state index contributed by atoms with van der Waals surface area (Å²) >= 11 is 1.45. The van der Waals surface area contributed by atoms with E-state index in [1.807, 2.05) is 30.3 Å². The molecule has 1 saturated carbocycles. The number of carbonyl (C=O) groups is 1. The first-order chi connectivity index (χ1) is 10.2. The van der Waals surface area contributed by atoms with Crippen molar-refractivity contribution < 1.29 is 9.18 Å². The first-order valence-corrected chi connectivity index (χ1v) is 7.88. The van der Waals surface area contributed by atoms with Crippen LogP contribution < -0.4 is 5.32 Å². The molecule has 1 fully saturated rings. The van der Waals surface area contributed by atoms with Gasteiger partial charge < -0.3 is 5.32 Å². The van der Waals surface area contributed by atoms with E-state index in [0.717, 1.165) is 23.3 Å². The molecule has 2 aromatic carbocycles. The number of thioether (sulfide) groups is 1. The molecule has 0 saturated heterocycles. The number of nitrogens with one attached hydrogen (secondary N) is 1. The Labute approximate surface area is 127 Å². The van der Waals surface area contributed by atoms with E-state index < -0.39 is 0 Å². The van der Waals surface area contributed by atoms with Gasteiger partial charge in [-0.1, -0.05) is 30.3 Å². The van der Waals surface area contributed by atoms with Gasteiger partial charge in [-0.15, -0.1) is 11.8 Å². The third-order valence-electron chi connectivity index (χ3n) is 3.33. The third-order valence-corrected chi connectivity index (χ3v) is 4.60. The van der Waals surface area contributed by atoms with Gasteiger partial charge in [0.05, 0.1) is 0 Å². The minimum atomic E-state index is -0.308. The van der Waals surface area contributed by atoms with Crippen LogP contribution in [-0.2, 0) is 4.79 Å². The minimum absolute atomic E-state index is 0.0259. The van der Waals surface area contributed by atoms with Gasteiger partial charge in [0, 0.05) is 10.9 Å². The Kier molecular flexibility index (Phi) is 4.25. The second kappa shape index (κ2) is 6.31. The summed E-state index contributed by atoms with van der Waals surface area (Å²) in [7, 11) is 0. The molecule has 1 aliphatic carbocycles. The number of hydrogen-bond acceptors (Lipinski definition) is 2. The van der Waals surface area contributed by atoms with Crippen LogP contribution in [-0.4, -0.2) is 11.9 Å². The summed E-state index contributed by atoms with van der Waals surface area (Å²) in [5.74, 6) is -0.240. The van der Waals surface area contributed by atoms with Gasteiger partial charge in [-0.05, 0) is 42.7 Å². The average molecular weight is 301 g/mol. The summed E-state index contributed by atoms with van der Waals surface area (Å²) in [6, 6.07) is 16.3. The molecule has 2 aromatic rings. The fourth-order valence-electron chi connectivity index (χ4n) is 2.05. The molecule has 1 aliphatic rings. The van der Waals surface area contributed by atoms with Crippen LogP contribution in [0.25, 0.3) is 0 Å². The summed E-state index contributed by atoms with van der Waals surface area (Å²) in [6.45, 7) is 0. The molecule has 108 valence electrons. The lowest BCUT2D eigenvalue weighted by Gasteiger charge is -2.17. The Morgan fingerprint density at radius 2 is 1.76 bits per heavy atom. The van der Waals surface area contributed by atoms with Crippen LogP contribution in [0, 0.1) is 5.82 Å². The van der Waals surface area contributed by atoms with Gasteiger partial charge in [-0.25, -0.2) is 4.39 Å². The van der Waals surface area contributed by atoms with Crippen LogP contribution in [0.15, 0.2) is 59.5 Å². The Morgan fingerprint density at radius 3 is 2.38 bits per heavy atom. The SMILES string of the molecule is O=C(NC1CC1)C(Sc1ccc(F)cc1)c1ccccc1. The fraction of sp³-hybridized carbons (Fsp3) is 0.235. The molecular formula is C17H16FNOS. The minimum Gasteiger partial charge on any atom is -0.352 e. The zero-order chi connectivity index (χ0) is 14.7. The predicted molar refractivity (Wildman–Crippen MR) is 82.6 cm³/mol. The van der Waals surface area contributed by atoms with E-state index in [1.54, 1.807) is 12.1 Å². The lowest BCUT2D eigenvalue weighted by atomic mass is 10.1. The first kappa shape index (κ1) is 14.1. The number of rotatable bonds is 5. The van der Waals surface area contributed by atoms with Crippen LogP contribution in [0.1, 0.15) is 23.7 Å². The van der Waals surface area contributed by atoms with Crippen molar-refractivity contribution in [3.05, 3.63) is 66.0 Å². The largest absolute Gasteiger partial charge is 0.352 e. The molecule has 21 heavy (non-hydrogen) atoms. The van der Waals surface area contributed by atoms with Gasteiger partial charge in [0.2, 0.25) is 5.91 Å². The van der Waals surface area contributed by atoms with Crippen molar-refractivity contribution in [2.45, 2.75) is 29.0 Å². The first-order valence-electron chi connectivity index (χ1n) is 7.00. The van der Waals surface area contributed by atoms with Crippen LogP contribution >= 0.6 is 11.8 Å². The molecular weight excluding hydrogens is 285 g/mol. The molecule has 0 aliphatic heterocycles. The van der Waals surface area contributed by atoms with E-state index >= 15 is 0 Å². The number of hydrogen-bond donors (Lipinski definition) is 1. The highest BCUT2D eigenvalue weighted by atomic mass is 32.2. The quantitative estimate of drug-likeness (QED) is 0.848. The molecule has 0 bridgehead atoms. The van der Waals surface area contributed by atoms with E-state index in [2.05, 4.69) is 5.32 Å². The Balaban J connectivity index is 1.80. The highest BCUT2D eigenvalue weighted by molar-refractivity contribution is 8.00. The second-order valence-corrected chi connectivity index (χ2v) is 6.32. The van der Waals surface area contributed by atoms with Gasteiger partial charge >= 0.3 is 0 Å². The molecule has 1 unspecified atom stereocenters. The smallest absolute Gasteiger partial charge is 0.238 e. The number of benzene rings is 2. The molecule has 3 rings (SSSR count). The lowest BCUT2D eigenvalue weighted by Crippen LogP contribution is -2.29. The number of amides is 1. The van der Waals surface area contributed by atoms with E-state index in [0.29, 0.717) is 6.04 Å². The Bertz CT molecular complexity index is 610. The molecule has 1 N–H and O–H groups in total. The maximum absolute atomic E-state index is 13.0. The van der Waals surface area contributed by atoms with E-state index in [-0.39, 0.29) is 17.0 Å². The molecule has 1 amide bonds. The van der Waals surface area contributed by atoms with Gasteiger partial charge in [0.1, 0.15) is 11.1 Å². The molecule has 0 spiro atoms. The summed E-state index contributed by atoms with van der Waals surface area (Å²) in [4.78, 5) is 13.3. The fourth-order valence-corrected chi connectivity index (χ4v) is 3.09. The standard InChI is InChI=1S/C17H16FNOS/c18-13-6-10-15(11-7-13)21-16(12-4-2-1-3-5-12)17(20)19-14-8-9-14/h1-7,10-11,14,16H,8-9H2,(H,19,20). The van der Waals surface area contributed by atoms with Crippen LogP contribution in [0.5, 0.6) is 0 Å². The number of carbonyl (C=O) groups excluding carboxylic acids is 1. The number of halogens is 1. The molecule has 0 radical (unpaired) electrons. The van der Waals surface area contributed by atoms with Gasteiger partial charge in [-0.2, -0.15) is 0 Å². The maximum atomic E-state index is 13.0. The Hall–Kier alpha value is -1.81. The Morgan fingerprint density at radius 1 is 1.10 bits per heavy atom. The average Bonchev–Trinajstić information content (AvgIpc) is 3.31. The molecule has 2 nitrogen and oxygen atoms in total. The van der Waals surface area contributed by atoms with Crippen molar-refractivity contribution in [3.8, 4) is 0 Å². The normalized spacial score (nSPS) is 15.5. The van der Waals surface area contributed by atoms with Crippen molar-refractivity contribution >= 4 is 17.7 Å². The monoisotopic (exact) mass is 301 g/mol. The molecule has 1 atom stereocenters. The highest BCUT2D eigenvalue weighted by Crippen LogP contribution is 2.36. The van der Waals surface area contributed by atoms with E-state index in [9.17, 15) is 9.18 Å². The zero-order valence-corrected chi connectivity index (χ0v) is 12.3. The van der Waals surface area contributed by atoms with Gasteiger partial charge in [0.25, 0.3) is 0 Å². The van der Waals surface area contributed by atoms with Crippen molar-refractivity contribution in [3.63, 3.8) is 0 Å².